The van der Waals surface area contributed by atoms with Gasteiger partial charge in [-0.1, -0.05) is 0 Å². The molecule has 2 aromatic rings. The predicted molar refractivity (Wildman–Crippen MR) is 120 cm³/mol. The van der Waals surface area contributed by atoms with Crippen LogP contribution in [0, 0.1) is 6.92 Å². The van der Waals surface area contributed by atoms with Crippen LogP contribution in [0.5, 0.6) is 5.75 Å². The Balaban J connectivity index is 2.20. The van der Waals surface area contributed by atoms with Crippen LogP contribution >= 0.6 is 31.9 Å². The molecule has 2 atom stereocenters. The third-order valence-electron chi connectivity index (χ3n) is 3.89. The molecule has 0 spiro atoms. The number of ether oxygens (including phenoxy) is 1. The van der Waals surface area contributed by atoms with Gasteiger partial charge in [-0.05, 0) is 0 Å². The van der Waals surface area contributed by atoms with Crippen LogP contribution in [0.3, 0.4) is 0 Å². The summed E-state index contributed by atoms with van der Waals surface area (Å²) in [6.07, 6.45) is 1.32. The number of aliphatic carboxylic acids is 1. The topological polar surface area (TPSA) is 80.7 Å². The first kappa shape index (κ1) is 23.5. The third-order valence-corrected chi connectivity index (χ3v) is 10.1. The molecule has 0 bridgehead atoms. The summed E-state index contributed by atoms with van der Waals surface area (Å²) in [6.45, 7) is 4.10. The van der Waals surface area contributed by atoms with E-state index in [0.29, 0.717) is 12.4 Å². The zero-order valence-corrected chi connectivity index (χ0v) is 21.7. The van der Waals surface area contributed by atoms with E-state index in [2.05, 4.69) is 31.9 Å². The fourth-order valence-corrected chi connectivity index (χ4v) is 9.06. The van der Waals surface area contributed by atoms with E-state index in [0.717, 1.165) is 30.0 Å². The Morgan fingerprint density at radius 3 is 2.32 bits per heavy atom. The number of aryl methyl sites for hydroxylation is 1. The molecule has 0 fully saturated rings. The molecule has 0 radical (unpaired) electrons. The first-order valence-corrected chi connectivity index (χ1v) is 15.5. The number of hydrogen-bond acceptors (Lipinski definition) is 4. The number of hydrogen-bond donors (Lipinski definition) is 1. The summed E-state index contributed by atoms with van der Waals surface area (Å²) in [7, 11) is -2.99. The van der Waals surface area contributed by atoms with Gasteiger partial charge in [-0.25, -0.2) is 0 Å². The fourth-order valence-electron chi connectivity index (χ4n) is 2.76. The van der Waals surface area contributed by atoms with Gasteiger partial charge in [0.05, 0.1) is 0 Å². The van der Waals surface area contributed by atoms with Crippen molar-refractivity contribution in [3.05, 3.63) is 56.0 Å². The molecule has 2 aromatic carbocycles. The first-order chi connectivity index (χ1) is 12.9. The zero-order chi connectivity index (χ0) is 21.1. The van der Waals surface area contributed by atoms with Crippen LogP contribution in [-0.4, -0.2) is 40.3 Å². The van der Waals surface area contributed by atoms with Gasteiger partial charge in [0, 0.05) is 0 Å². The van der Waals surface area contributed by atoms with Gasteiger partial charge in [0.2, 0.25) is 0 Å². The Kier molecular flexibility index (Phi) is 8.20. The Labute approximate surface area is 187 Å². The van der Waals surface area contributed by atoms with E-state index in [4.69, 9.17) is 9.84 Å². The summed E-state index contributed by atoms with van der Waals surface area (Å²) in [5, 5.41) is 8.98. The van der Waals surface area contributed by atoms with E-state index in [1.54, 1.807) is 0 Å². The van der Waals surface area contributed by atoms with Gasteiger partial charge < -0.3 is 5.11 Å². The van der Waals surface area contributed by atoms with E-state index in [-0.39, 0.29) is 12.3 Å². The standard InChI is InChI=1S/C19H21AsBr2O5S/c1-11-4-13(7-15(5-11)20-28(3,25)26)10-27-19-16(21)8-14(9-17(19)22)12(2)6-18(23)24/h4-5,7-9,12,20H,6,10H2,1-3H3,(H,23,24). The van der Waals surface area contributed by atoms with Crippen molar-refractivity contribution in [2.45, 2.75) is 32.8 Å². The number of carboxylic acid groups (broad SMARTS) is 1. The van der Waals surface area contributed by atoms with Crippen molar-refractivity contribution >= 4 is 64.9 Å². The molecule has 0 aromatic heterocycles. The van der Waals surface area contributed by atoms with Crippen molar-refractivity contribution in [1.29, 1.82) is 0 Å². The van der Waals surface area contributed by atoms with Crippen molar-refractivity contribution < 1.29 is 23.1 Å². The van der Waals surface area contributed by atoms with Crippen LogP contribution in [-0.2, 0) is 19.5 Å². The third kappa shape index (κ3) is 7.21. The molecular formula is C19H21AsBr2O5S. The fraction of sp³-hybridized carbons (Fsp3) is 0.316. The van der Waals surface area contributed by atoms with Gasteiger partial charge in [0.1, 0.15) is 0 Å². The molecule has 2 rings (SSSR count). The second kappa shape index (κ2) is 9.79. The molecule has 2 unspecified atom stereocenters. The molecule has 152 valence electrons. The number of carboxylic acids is 1. The summed E-state index contributed by atoms with van der Waals surface area (Å²) in [6, 6.07) is 9.51. The number of carbonyl (C=O) groups is 1. The maximum atomic E-state index is 11.6. The van der Waals surface area contributed by atoms with Gasteiger partial charge in [0.15, 0.2) is 0 Å². The molecule has 0 aliphatic heterocycles. The van der Waals surface area contributed by atoms with Gasteiger partial charge in [-0.15, -0.1) is 0 Å². The molecule has 1 N–H and O–H groups in total. The van der Waals surface area contributed by atoms with Crippen molar-refractivity contribution in [1.82, 2.24) is 0 Å². The normalized spacial score (nSPS) is 13.0. The summed E-state index contributed by atoms with van der Waals surface area (Å²) >= 11 is 5.75. The minimum absolute atomic E-state index is 0.0506. The van der Waals surface area contributed by atoms with E-state index in [1.807, 2.05) is 44.2 Å². The van der Waals surface area contributed by atoms with Gasteiger partial charge in [-0.3, -0.25) is 4.79 Å². The van der Waals surface area contributed by atoms with Gasteiger partial charge >= 0.3 is 179 Å². The SMILES string of the molecule is Cc1cc(COc2c(Br)cc(C(C)CC(=O)O)cc2Br)cc([AsH]S(C)(=O)=O)c1. The van der Waals surface area contributed by atoms with Crippen LogP contribution in [0.25, 0.3) is 0 Å². The average Bonchev–Trinajstić information content (AvgIpc) is 2.50. The molecule has 5 nitrogen and oxygen atoms in total. The number of rotatable bonds is 8. The van der Waals surface area contributed by atoms with E-state index >= 15 is 0 Å². The molecule has 0 amide bonds. The molecule has 0 aliphatic rings. The minimum atomic E-state index is -2.99. The summed E-state index contributed by atoms with van der Waals surface area (Å²) in [4.78, 5) is 10.9. The summed E-state index contributed by atoms with van der Waals surface area (Å²) in [5.74, 6) is -0.347. The molecule has 0 saturated carbocycles. The van der Waals surface area contributed by atoms with Crippen molar-refractivity contribution in [2.75, 3.05) is 6.26 Å². The molecule has 28 heavy (non-hydrogen) atoms. The molecule has 0 aliphatic carbocycles. The maximum absolute atomic E-state index is 11.6. The monoisotopic (exact) mass is 594 g/mol. The quantitative estimate of drug-likeness (QED) is 0.471. The van der Waals surface area contributed by atoms with E-state index < -0.39 is 28.7 Å². The second-order valence-electron chi connectivity index (χ2n) is 6.68. The molecule has 0 heterocycles. The van der Waals surface area contributed by atoms with E-state index in [9.17, 15) is 13.2 Å². The van der Waals surface area contributed by atoms with Gasteiger partial charge in [0.25, 0.3) is 0 Å². The molecule has 9 heteroatoms. The number of benzene rings is 2. The first-order valence-electron chi connectivity index (χ1n) is 8.36. The average molecular weight is 596 g/mol. The van der Waals surface area contributed by atoms with Crippen LogP contribution in [0.2, 0.25) is 0 Å². The Bertz CT molecular complexity index is 969. The second-order valence-corrected chi connectivity index (χ2v) is 17.3. The van der Waals surface area contributed by atoms with Crippen LogP contribution < -0.4 is 9.09 Å². The Morgan fingerprint density at radius 2 is 1.79 bits per heavy atom. The Hall–Kier alpha value is -0.822. The molecule has 0 saturated heterocycles. The van der Waals surface area contributed by atoms with Gasteiger partial charge in [-0.2, -0.15) is 0 Å². The van der Waals surface area contributed by atoms with Crippen LogP contribution in [0.4, 0.5) is 0 Å². The summed E-state index contributed by atoms with van der Waals surface area (Å²) < 4.78 is 31.5. The summed E-state index contributed by atoms with van der Waals surface area (Å²) in [5.41, 5.74) is 2.80. The Morgan fingerprint density at radius 1 is 1.18 bits per heavy atom. The van der Waals surface area contributed by atoms with Crippen molar-refractivity contribution in [3.8, 4) is 5.75 Å². The van der Waals surface area contributed by atoms with Crippen molar-refractivity contribution in [3.63, 3.8) is 0 Å². The van der Waals surface area contributed by atoms with E-state index in [1.165, 1.54) is 6.26 Å². The predicted octanol–water partition coefficient (Wildman–Crippen LogP) is 3.70. The molecular weight excluding hydrogens is 575 g/mol. The van der Waals surface area contributed by atoms with Crippen LogP contribution in [0.1, 0.15) is 36.0 Å². The van der Waals surface area contributed by atoms with Crippen molar-refractivity contribution in [2.24, 2.45) is 0 Å². The number of halogens is 2. The van der Waals surface area contributed by atoms with Crippen LogP contribution in [0.15, 0.2) is 39.3 Å². The zero-order valence-electron chi connectivity index (χ0n) is 15.6.